The lowest BCUT2D eigenvalue weighted by Gasteiger charge is -2.12. The molecule has 2 rings (SSSR count). The molecule has 0 saturated heterocycles. The Balaban J connectivity index is 1.91. The second-order valence-electron chi connectivity index (χ2n) is 5.39. The molecule has 0 bridgehead atoms. The van der Waals surface area contributed by atoms with Crippen LogP contribution in [0.4, 0.5) is 0 Å². The Morgan fingerprint density at radius 2 is 1.92 bits per heavy atom. The monoisotopic (exact) mass is 352 g/mol. The summed E-state index contributed by atoms with van der Waals surface area (Å²) in [4.78, 5) is 12.2. The van der Waals surface area contributed by atoms with Gasteiger partial charge in [0.2, 0.25) is 10.0 Å². The summed E-state index contributed by atoms with van der Waals surface area (Å²) in [6.07, 6.45) is 1.00. The van der Waals surface area contributed by atoms with Gasteiger partial charge in [0.25, 0.3) is 5.91 Å². The van der Waals surface area contributed by atoms with Crippen molar-refractivity contribution >= 4 is 15.9 Å². The Morgan fingerprint density at radius 3 is 2.46 bits per heavy atom. The summed E-state index contributed by atoms with van der Waals surface area (Å²) in [7, 11) is -0.625. The third-order valence-corrected chi connectivity index (χ3v) is 5.30. The van der Waals surface area contributed by atoms with Crippen LogP contribution in [0.3, 0.4) is 0 Å². The molecule has 24 heavy (non-hydrogen) atoms. The quantitative estimate of drug-likeness (QED) is 0.784. The summed E-state index contributed by atoms with van der Waals surface area (Å²) in [6.45, 7) is 0.262. The van der Waals surface area contributed by atoms with Crippen molar-refractivity contribution in [2.75, 3.05) is 20.6 Å². The summed E-state index contributed by atoms with van der Waals surface area (Å²) in [6, 6.07) is 9.03. The van der Waals surface area contributed by atoms with Crippen LogP contribution in [0.25, 0.3) is 0 Å². The summed E-state index contributed by atoms with van der Waals surface area (Å²) < 4.78 is 30.1. The molecule has 0 radical (unpaired) electrons. The first-order chi connectivity index (χ1) is 11.3. The number of hydrogen-bond donors (Lipinski definition) is 2. The van der Waals surface area contributed by atoms with E-state index in [9.17, 15) is 18.3 Å². The Bertz CT molecular complexity index is 767. The molecule has 0 fully saturated rings. The molecule has 0 aliphatic heterocycles. The van der Waals surface area contributed by atoms with Crippen LogP contribution in [0.2, 0.25) is 0 Å². The van der Waals surface area contributed by atoms with Crippen molar-refractivity contribution < 1.29 is 22.7 Å². The van der Waals surface area contributed by atoms with Gasteiger partial charge < -0.3 is 14.8 Å². The number of sulfonamides is 1. The van der Waals surface area contributed by atoms with E-state index in [1.54, 1.807) is 12.1 Å². The van der Waals surface area contributed by atoms with Crippen LogP contribution in [0.15, 0.2) is 52.0 Å². The molecular weight excluding hydrogens is 332 g/mol. The van der Waals surface area contributed by atoms with Gasteiger partial charge in [-0.05, 0) is 42.8 Å². The highest BCUT2D eigenvalue weighted by Crippen LogP contribution is 2.16. The fraction of sp³-hybridized carbons (Fsp3) is 0.312. The van der Waals surface area contributed by atoms with Crippen LogP contribution in [-0.2, 0) is 10.0 Å². The van der Waals surface area contributed by atoms with Crippen LogP contribution < -0.4 is 5.32 Å². The first-order valence-electron chi connectivity index (χ1n) is 7.34. The largest absolute Gasteiger partial charge is 0.467 e. The Morgan fingerprint density at radius 1 is 1.25 bits per heavy atom. The summed E-state index contributed by atoms with van der Waals surface area (Å²) in [5, 5.41) is 12.5. The first-order valence-corrected chi connectivity index (χ1v) is 8.78. The molecule has 1 unspecified atom stereocenters. The fourth-order valence-electron chi connectivity index (χ4n) is 2.04. The lowest BCUT2D eigenvalue weighted by atomic mass is 10.2. The minimum atomic E-state index is -3.51. The molecule has 7 nitrogen and oxygen atoms in total. The molecule has 1 heterocycles. The zero-order chi connectivity index (χ0) is 17.7. The van der Waals surface area contributed by atoms with E-state index in [1.807, 2.05) is 0 Å². The SMILES string of the molecule is CN(C)S(=O)(=O)c1ccc(C(=O)NCCC(O)c2ccco2)cc1. The van der Waals surface area contributed by atoms with Gasteiger partial charge in [-0.25, -0.2) is 12.7 Å². The first kappa shape index (κ1) is 18.2. The van der Waals surface area contributed by atoms with Gasteiger partial charge in [-0.1, -0.05) is 0 Å². The molecule has 1 atom stereocenters. The molecule has 1 amide bonds. The van der Waals surface area contributed by atoms with E-state index < -0.39 is 16.1 Å². The maximum atomic E-state index is 12.0. The molecule has 0 aliphatic carbocycles. The number of furan rings is 1. The number of carbonyl (C=O) groups excluding carboxylic acids is 1. The Hall–Kier alpha value is -2.16. The van der Waals surface area contributed by atoms with E-state index in [1.165, 1.54) is 44.6 Å². The number of aliphatic hydroxyl groups is 1. The highest BCUT2D eigenvalue weighted by molar-refractivity contribution is 7.89. The number of nitrogens with zero attached hydrogens (tertiary/aromatic N) is 1. The third kappa shape index (κ3) is 4.22. The van der Waals surface area contributed by atoms with Crippen molar-refractivity contribution in [3.05, 3.63) is 54.0 Å². The number of rotatable bonds is 7. The summed E-state index contributed by atoms with van der Waals surface area (Å²) in [5.74, 6) is 0.109. The minimum Gasteiger partial charge on any atom is -0.467 e. The number of benzene rings is 1. The smallest absolute Gasteiger partial charge is 0.251 e. The van der Waals surface area contributed by atoms with Crippen molar-refractivity contribution in [2.24, 2.45) is 0 Å². The van der Waals surface area contributed by atoms with Gasteiger partial charge in [-0.3, -0.25) is 4.79 Å². The average Bonchev–Trinajstić information content (AvgIpc) is 3.09. The molecule has 8 heteroatoms. The fourth-order valence-corrected chi connectivity index (χ4v) is 2.94. The standard InChI is InChI=1S/C16H20N2O5S/c1-18(2)24(21,22)13-7-5-12(6-8-13)16(20)17-10-9-14(19)15-4-3-11-23-15/h3-8,11,14,19H,9-10H2,1-2H3,(H,17,20). The lowest BCUT2D eigenvalue weighted by molar-refractivity contribution is 0.0936. The predicted octanol–water partition coefficient (Wildman–Crippen LogP) is 1.38. The van der Waals surface area contributed by atoms with Gasteiger partial charge in [-0.2, -0.15) is 0 Å². The van der Waals surface area contributed by atoms with Gasteiger partial charge >= 0.3 is 0 Å². The molecule has 130 valence electrons. The molecule has 0 saturated carbocycles. The molecule has 1 aromatic carbocycles. The number of hydrogen-bond acceptors (Lipinski definition) is 5. The number of amides is 1. The van der Waals surface area contributed by atoms with Crippen molar-refractivity contribution in [1.82, 2.24) is 9.62 Å². The van der Waals surface area contributed by atoms with Gasteiger partial charge in [0.05, 0.1) is 11.2 Å². The average molecular weight is 352 g/mol. The molecule has 0 aliphatic rings. The predicted molar refractivity (Wildman–Crippen MR) is 87.9 cm³/mol. The second-order valence-corrected chi connectivity index (χ2v) is 7.54. The zero-order valence-corrected chi connectivity index (χ0v) is 14.3. The van der Waals surface area contributed by atoms with E-state index in [2.05, 4.69) is 5.32 Å². The van der Waals surface area contributed by atoms with Crippen molar-refractivity contribution in [2.45, 2.75) is 17.4 Å². The van der Waals surface area contributed by atoms with Crippen molar-refractivity contribution in [3.63, 3.8) is 0 Å². The lowest BCUT2D eigenvalue weighted by Crippen LogP contribution is -2.26. The maximum Gasteiger partial charge on any atom is 0.251 e. The van der Waals surface area contributed by atoms with E-state index in [0.717, 1.165) is 4.31 Å². The molecule has 0 spiro atoms. The summed E-state index contributed by atoms with van der Waals surface area (Å²) >= 11 is 0. The molecular formula is C16H20N2O5S. The maximum absolute atomic E-state index is 12.0. The third-order valence-electron chi connectivity index (χ3n) is 3.47. The van der Waals surface area contributed by atoms with Crippen molar-refractivity contribution in [1.29, 1.82) is 0 Å². The normalized spacial score (nSPS) is 13.0. The van der Waals surface area contributed by atoms with E-state index in [4.69, 9.17) is 4.42 Å². The van der Waals surface area contributed by atoms with E-state index in [-0.39, 0.29) is 17.3 Å². The highest BCUT2D eigenvalue weighted by atomic mass is 32.2. The van der Waals surface area contributed by atoms with Crippen LogP contribution in [-0.4, -0.2) is 44.4 Å². The topological polar surface area (TPSA) is 99.9 Å². The van der Waals surface area contributed by atoms with E-state index in [0.29, 0.717) is 17.7 Å². The van der Waals surface area contributed by atoms with Crippen LogP contribution in [0.5, 0.6) is 0 Å². The van der Waals surface area contributed by atoms with Crippen LogP contribution in [0.1, 0.15) is 28.6 Å². The van der Waals surface area contributed by atoms with Crippen LogP contribution in [0, 0.1) is 0 Å². The minimum absolute atomic E-state index is 0.122. The van der Waals surface area contributed by atoms with Gasteiger partial charge in [-0.15, -0.1) is 0 Å². The van der Waals surface area contributed by atoms with Gasteiger partial charge in [0.1, 0.15) is 11.9 Å². The van der Waals surface area contributed by atoms with Crippen LogP contribution >= 0.6 is 0 Å². The highest BCUT2D eigenvalue weighted by Gasteiger charge is 2.17. The summed E-state index contributed by atoms with van der Waals surface area (Å²) in [5.41, 5.74) is 0.347. The van der Waals surface area contributed by atoms with Crippen molar-refractivity contribution in [3.8, 4) is 0 Å². The Labute approximate surface area is 140 Å². The van der Waals surface area contributed by atoms with E-state index >= 15 is 0 Å². The second kappa shape index (κ2) is 7.61. The zero-order valence-electron chi connectivity index (χ0n) is 13.5. The molecule has 2 aromatic rings. The molecule has 2 N–H and O–H groups in total. The Kier molecular flexibility index (Phi) is 5.76. The number of aliphatic hydroxyl groups excluding tert-OH is 1. The number of nitrogens with one attached hydrogen (secondary N) is 1. The molecule has 1 aromatic heterocycles. The number of carbonyl (C=O) groups is 1. The van der Waals surface area contributed by atoms with Gasteiger partial charge in [0.15, 0.2) is 0 Å². The van der Waals surface area contributed by atoms with Gasteiger partial charge in [0, 0.05) is 26.2 Å².